The summed E-state index contributed by atoms with van der Waals surface area (Å²) in [5.74, 6) is 0. The van der Waals surface area contributed by atoms with Gasteiger partial charge in [-0.3, -0.25) is 4.99 Å². The first-order chi connectivity index (χ1) is 21.0. The summed E-state index contributed by atoms with van der Waals surface area (Å²) in [6, 6.07) is 40.4. The molecule has 2 atom stereocenters. The molecule has 5 aromatic carbocycles. The Morgan fingerprint density at radius 1 is 0.721 bits per heavy atom. The second-order valence-electron chi connectivity index (χ2n) is 12.9. The molecular weight excluding hydrogens is 543 g/mol. The van der Waals surface area contributed by atoms with Gasteiger partial charge in [0.25, 0.3) is 0 Å². The molecule has 206 valence electrons. The minimum Gasteiger partial charge on any atom is -0.328 e. The van der Waals surface area contributed by atoms with Crippen LogP contribution in [0.4, 0.5) is 17.1 Å². The molecule has 6 aromatic rings. The van der Waals surface area contributed by atoms with E-state index < -0.39 is 0 Å². The summed E-state index contributed by atoms with van der Waals surface area (Å²) in [5.41, 5.74) is 9.97. The quantitative estimate of drug-likeness (QED) is 0.206. The number of dihydropyridines is 1. The van der Waals surface area contributed by atoms with Gasteiger partial charge >= 0.3 is 0 Å². The smallest absolute Gasteiger partial charge is 0.0997 e. The van der Waals surface area contributed by atoms with Gasteiger partial charge in [-0.05, 0) is 71.3 Å². The highest BCUT2D eigenvalue weighted by Crippen LogP contribution is 2.72. The van der Waals surface area contributed by atoms with Crippen LogP contribution in [0.2, 0.25) is 0 Å². The van der Waals surface area contributed by atoms with Crippen LogP contribution in [-0.2, 0) is 11.0 Å². The van der Waals surface area contributed by atoms with Crippen LogP contribution in [0.15, 0.2) is 136 Å². The fourth-order valence-corrected chi connectivity index (χ4v) is 9.57. The van der Waals surface area contributed by atoms with Crippen LogP contribution in [0.1, 0.15) is 25.8 Å². The first kappa shape index (κ1) is 24.0. The van der Waals surface area contributed by atoms with Crippen molar-refractivity contribution in [2.75, 3.05) is 4.90 Å². The molecule has 3 nitrogen and oxygen atoms in total. The van der Waals surface area contributed by atoms with E-state index in [4.69, 9.17) is 4.99 Å². The molecule has 1 saturated carbocycles. The van der Waals surface area contributed by atoms with Crippen molar-refractivity contribution in [2.45, 2.75) is 46.6 Å². The summed E-state index contributed by atoms with van der Waals surface area (Å²) in [7, 11) is 0. The van der Waals surface area contributed by atoms with Crippen molar-refractivity contribution in [1.29, 1.82) is 0 Å². The van der Waals surface area contributed by atoms with Gasteiger partial charge in [-0.1, -0.05) is 92.3 Å². The van der Waals surface area contributed by atoms with Crippen LogP contribution in [0, 0.1) is 0 Å². The van der Waals surface area contributed by atoms with Crippen molar-refractivity contribution in [2.24, 2.45) is 4.99 Å². The molecular formula is C39H29N3S. The fourth-order valence-electron chi connectivity index (χ4n) is 8.51. The standard InChI is InChI=1S/C39H29N3S/c1-37(2)30-10-7-9-28-29-23-26(17-20-31(29)42(36(28)30)38-21-8-22-40-39(37,38)24-38)25-15-18-27(19-16-25)41-32-11-3-5-13-34(32)43-35-14-6-4-12-33(35)41/h3-23H,24H2,1-2H3. The summed E-state index contributed by atoms with van der Waals surface area (Å²) in [6.45, 7) is 4.79. The van der Waals surface area contributed by atoms with Gasteiger partial charge in [0.15, 0.2) is 0 Å². The Bertz CT molecular complexity index is 2190. The van der Waals surface area contributed by atoms with Crippen LogP contribution in [-0.4, -0.2) is 16.3 Å². The van der Waals surface area contributed by atoms with Crippen molar-refractivity contribution >= 4 is 56.8 Å². The molecule has 2 unspecified atom stereocenters. The summed E-state index contributed by atoms with van der Waals surface area (Å²) in [5, 5.41) is 2.67. The van der Waals surface area contributed by atoms with Crippen molar-refractivity contribution in [3.05, 3.63) is 127 Å². The monoisotopic (exact) mass is 571 g/mol. The molecule has 0 N–H and O–H groups in total. The average Bonchev–Trinajstić information content (AvgIpc) is 3.66. The van der Waals surface area contributed by atoms with Crippen LogP contribution in [0.3, 0.4) is 0 Å². The highest BCUT2D eigenvalue weighted by atomic mass is 32.2. The predicted molar refractivity (Wildman–Crippen MR) is 180 cm³/mol. The Labute approximate surface area is 255 Å². The molecule has 4 aliphatic rings. The lowest BCUT2D eigenvalue weighted by Crippen LogP contribution is -2.47. The lowest BCUT2D eigenvalue weighted by molar-refractivity contribution is 0.320. The van der Waals surface area contributed by atoms with Crippen LogP contribution >= 0.6 is 11.8 Å². The SMILES string of the molecule is CC1(C)c2cccc3c4cc(-c5ccc(N6c7ccccc7Sc7ccccc76)cc5)ccc4n(c23)C23C=CC=NC12C3. The zero-order chi connectivity index (χ0) is 28.6. The van der Waals surface area contributed by atoms with Crippen LogP contribution < -0.4 is 4.90 Å². The second-order valence-corrected chi connectivity index (χ2v) is 14.0. The number of rotatable bonds is 2. The zero-order valence-corrected chi connectivity index (χ0v) is 24.9. The number of nitrogens with zero attached hydrogens (tertiary/aromatic N) is 3. The molecule has 0 spiro atoms. The lowest BCUT2D eigenvalue weighted by atomic mass is 9.70. The highest BCUT2D eigenvalue weighted by Gasteiger charge is 2.77. The number of para-hydroxylation sites is 3. The van der Waals surface area contributed by atoms with E-state index in [0.29, 0.717) is 0 Å². The summed E-state index contributed by atoms with van der Waals surface area (Å²) in [6.07, 6.45) is 7.64. The predicted octanol–water partition coefficient (Wildman–Crippen LogP) is 10.2. The van der Waals surface area contributed by atoms with Gasteiger partial charge in [-0.25, -0.2) is 0 Å². The Hall–Kier alpha value is -4.54. The number of benzene rings is 5. The van der Waals surface area contributed by atoms with Gasteiger partial charge in [-0.2, -0.15) is 0 Å². The third kappa shape index (κ3) is 2.81. The number of anilines is 3. The first-order valence-electron chi connectivity index (χ1n) is 15.1. The van der Waals surface area contributed by atoms with Gasteiger partial charge in [-0.15, -0.1) is 0 Å². The maximum absolute atomic E-state index is 5.18. The summed E-state index contributed by atoms with van der Waals surface area (Å²) in [4.78, 5) is 10.1. The van der Waals surface area contributed by atoms with E-state index in [9.17, 15) is 0 Å². The maximum Gasteiger partial charge on any atom is 0.0997 e. The van der Waals surface area contributed by atoms with Gasteiger partial charge in [0.2, 0.25) is 0 Å². The largest absolute Gasteiger partial charge is 0.328 e. The van der Waals surface area contributed by atoms with Crippen LogP contribution in [0.25, 0.3) is 32.9 Å². The van der Waals surface area contributed by atoms with E-state index >= 15 is 0 Å². The van der Waals surface area contributed by atoms with E-state index in [0.717, 1.165) is 6.42 Å². The number of aromatic nitrogens is 1. The molecule has 1 aliphatic carbocycles. The van der Waals surface area contributed by atoms with Crippen molar-refractivity contribution in [3.63, 3.8) is 0 Å². The lowest BCUT2D eigenvalue weighted by Gasteiger charge is -2.42. The number of fused-ring (bicyclic) bond motifs is 5. The number of hydrogen-bond donors (Lipinski definition) is 0. The summed E-state index contributed by atoms with van der Waals surface area (Å²) < 4.78 is 2.63. The third-order valence-electron chi connectivity index (χ3n) is 10.7. The minimum atomic E-state index is -0.110. The highest BCUT2D eigenvalue weighted by molar-refractivity contribution is 7.99. The van der Waals surface area contributed by atoms with E-state index in [-0.39, 0.29) is 16.5 Å². The third-order valence-corrected chi connectivity index (χ3v) is 11.8. The second kappa shape index (κ2) is 7.89. The molecule has 1 fully saturated rings. The van der Waals surface area contributed by atoms with Gasteiger partial charge in [0.1, 0.15) is 0 Å². The van der Waals surface area contributed by atoms with Crippen molar-refractivity contribution in [3.8, 4) is 11.1 Å². The van der Waals surface area contributed by atoms with Gasteiger partial charge in [0, 0.05) is 44.3 Å². The Morgan fingerprint density at radius 2 is 1.44 bits per heavy atom. The number of aliphatic imine (C=N–C) groups is 1. The van der Waals surface area contributed by atoms with Gasteiger partial charge in [0.05, 0.1) is 33.5 Å². The Morgan fingerprint density at radius 3 is 2.21 bits per heavy atom. The van der Waals surface area contributed by atoms with E-state index in [1.807, 2.05) is 18.0 Å². The molecule has 43 heavy (non-hydrogen) atoms. The molecule has 0 amide bonds. The zero-order valence-electron chi connectivity index (χ0n) is 24.1. The fraction of sp³-hybridized carbons (Fsp3) is 0.154. The average molecular weight is 572 g/mol. The van der Waals surface area contributed by atoms with E-state index in [2.05, 4.69) is 145 Å². The Balaban J connectivity index is 1.12. The molecule has 1 aromatic heterocycles. The molecule has 4 heteroatoms. The molecule has 4 heterocycles. The normalized spacial score (nSPS) is 23.5. The Kier molecular flexibility index (Phi) is 4.39. The number of allylic oxidation sites excluding steroid dienone is 1. The van der Waals surface area contributed by atoms with E-state index in [1.54, 1.807) is 0 Å². The van der Waals surface area contributed by atoms with Crippen molar-refractivity contribution in [1.82, 2.24) is 4.57 Å². The molecule has 3 aliphatic heterocycles. The molecule has 0 saturated heterocycles. The minimum absolute atomic E-state index is 0.0407. The van der Waals surface area contributed by atoms with Crippen LogP contribution in [0.5, 0.6) is 0 Å². The first-order valence-corrected chi connectivity index (χ1v) is 15.9. The molecule has 10 rings (SSSR count). The van der Waals surface area contributed by atoms with Gasteiger partial charge < -0.3 is 9.47 Å². The van der Waals surface area contributed by atoms with E-state index in [1.165, 1.54) is 65.3 Å². The maximum atomic E-state index is 5.18. The molecule has 0 radical (unpaired) electrons. The van der Waals surface area contributed by atoms with Crippen molar-refractivity contribution < 1.29 is 0 Å². The topological polar surface area (TPSA) is 20.5 Å². The molecule has 0 bridgehead atoms. The summed E-state index contributed by atoms with van der Waals surface area (Å²) >= 11 is 1.85. The number of hydrogen-bond acceptors (Lipinski definition) is 3.